The summed E-state index contributed by atoms with van der Waals surface area (Å²) in [6.07, 6.45) is 6.56. The summed E-state index contributed by atoms with van der Waals surface area (Å²) in [6, 6.07) is 9.66. The molecule has 1 heterocycles. The molecule has 144 valence electrons. The molecule has 0 saturated carbocycles. The third-order valence-corrected chi connectivity index (χ3v) is 5.82. The second kappa shape index (κ2) is 7.21. The molecule has 1 aromatic carbocycles. The molecular weight excluding hydrogens is 316 g/mol. The molecule has 0 atom stereocenters. The first-order valence-corrected chi connectivity index (χ1v) is 9.99. The first kappa shape index (κ1) is 20.7. The maximum absolute atomic E-state index is 4.53. The first-order valence-electron chi connectivity index (χ1n) is 9.99. The number of benzene rings is 1. The largest absolute Gasteiger partial charge is 0.270 e. The van der Waals surface area contributed by atoms with Gasteiger partial charge in [-0.2, -0.15) is 5.10 Å². The van der Waals surface area contributed by atoms with Gasteiger partial charge in [0.2, 0.25) is 0 Å². The van der Waals surface area contributed by atoms with Gasteiger partial charge >= 0.3 is 0 Å². The summed E-state index contributed by atoms with van der Waals surface area (Å²) >= 11 is 0. The summed E-state index contributed by atoms with van der Waals surface area (Å²) in [5.41, 5.74) is 4.68. The van der Waals surface area contributed by atoms with Gasteiger partial charge in [-0.05, 0) is 59.6 Å². The normalized spacial score (nSPS) is 13.5. The molecule has 0 unspecified atom stereocenters. The molecule has 0 fully saturated rings. The second-order valence-corrected chi connectivity index (χ2v) is 10.4. The number of nitrogens with zero attached hydrogens (tertiary/aromatic N) is 2. The highest BCUT2D eigenvalue weighted by Crippen LogP contribution is 2.36. The molecule has 2 nitrogen and oxygen atoms in total. The molecule has 0 aliphatic carbocycles. The molecule has 0 N–H and O–H groups in total. The fourth-order valence-corrected chi connectivity index (χ4v) is 3.31. The fourth-order valence-electron chi connectivity index (χ4n) is 3.31. The van der Waals surface area contributed by atoms with Gasteiger partial charge < -0.3 is 0 Å². The SMILES string of the molecule is CC(C)n1cc(C(C)(C)CCC(C)(C)c2ccc(C(C)(C)C)cc2)cn1. The van der Waals surface area contributed by atoms with Gasteiger partial charge in [0.1, 0.15) is 0 Å². The van der Waals surface area contributed by atoms with Crippen LogP contribution in [0.3, 0.4) is 0 Å². The highest BCUT2D eigenvalue weighted by molar-refractivity contribution is 5.31. The van der Waals surface area contributed by atoms with Crippen molar-refractivity contribution in [3.63, 3.8) is 0 Å². The second-order valence-electron chi connectivity index (χ2n) is 10.4. The van der Waals surface area contributed by atoms with Crippen molar-refractivity contribution < 1.29 is 0 Å². The molecule has 2 aromatic rings. The van der Waals surface area contributed by atoms with E-state index >= 15 is 0 Å². The Morgan fingerprint density at radius 3 is 1.65 bits per heavy atom. The quantitative estimate of drug-likeness (QED) is 0.558. The van der Waals surface area contributed by atoms with Crippen LogP contribution in [0.5, 0.6) is 0 Å². The van der Waals surface area contributed by atoms with Crippen LogP contribution < -0.4 is 0 Å². The van der Waals surface area contributed by atoms with Gasteiger partial charge in [0, 0.05) is 12.2 Å². The Morgan fingerprint density at radius 2 is 1.23 bits per heavy atom. The third kappa shape index (κ3) is 4.78. The Balaban J connectivity index is 2.10. The van der Waals surface area contributed by atoms with Gasteiger partial charge in [-0.25, -0.2) is 0 Å². The molecule has 0 bridgehead atoms. The molecule has 2 heteroatoms. The molecular formula is C24H38N2. The van der Waals surface area contributed by atoms with Crippen molar-refractivity contribution in [2.45, 2.75) is 97.4 Å². The van der Waals surface area contributed by atoms with E-state index in [-0.39, 0.29) is 16.2 Å². The van der Waals surface area contributed by atoms with Crippen molar-refractivity contribution in [1.82, 2.24) is 9.78 Å². The lowest BCUT2D eigenvalue weighted by molar-refractivity contribution is 0.374. The summed E-state index contributed by atoms with van der Waals surface area (Å²) in [4.78, 5) is 0. The summed E-state index contributed by atoms with van der Waals surface area (Å²) in [7, 11) is 0. The van der Waals surface area contributed by atoms with Crippen molar-refractivity contribution >= 4 is 0 Å². The Bertz CT molecular complexity index is 709. The first-order chi connectivity index (χ1) is 11.8. The monoisotopic (exact) mass is 354 g/mol. The van der Waals surface area contributed by atoms with Gasteiger partial charge in [0.25, 0.3) is 0 Å². The molecule has 26 heavy (non-hydrogen) atoms. The highest BCUT2D eigenvalue weighted by atomic mass is 15.3. The minimum Gasteiger partial charge on any atom is -0.270 e. The van der Waals surface area contributed by atoms with E-state index < -0.39 is 0 Å². The van der Waals surface area contributed by atoms with E-state index in [0.29, 0.717) is 6.04 Å². The van der Waals surface area contributed by atoms with Crippen LogP contribution in [0, 0.1) is 0 Å². The minimum atomic E-state index is 0.135. The molecule has 0 amide bonds. The number of hydrogen-bond donors (Lipinski definition) is 0. The van der Waals surface area contributed by atoms with Gasteiger partial charge in [-0.15, -0.1) is 0 Å². The summed E-state index contributed by atoms with van der Waals surface area (Å²) < 4.78 is 2.06. The van der Waals surface area contributed by atoms with Gasteiger partial charge in [0.15, 0.2) is 0 Å². The summed E-state index contributed by atoms with van der Waals surface area (Å²) in [6.45, 7) is 20.6. The average Bonchev–Trinajstić information content (AvgIpc) is 3.04. The van der Waals surface area contributed by atoms with E-state index in [1.54, 1.807) is 0 Å². The lowest BCUT2D eigenvalue weighted by Gasteiger charge is -2.32. The van der Waals surface area contributed by atoms with Crippen molar-refractivity contribution in [3.05, 3.63) is 53.3 Å². The molecule has 0 saturated heterocycles. The van der Waals surface area contributed by atoms with E-state index in [0.717, 1.165) is 12.8 Å². The standard InChI is InChI=1S/C24H38N2/c1-18(2)26-17-21(16-25-26)24(8,9)15-14-23(6,7)20-12-10-19(11-13-20)22(3,4)5/h10-13,16-18H,14-15H2,1-9H3. The predicted octanol–water partition coefficient (Wildman–Crippen LogP) is 6.80. The van der Waals surface area contributed by atoms with Crippen molar-refractivity contribution in [1.29, 1.82) is 0 Å². The summed E-state index contributed by atoms with van der Waals surface area (Å²) in [5, 5.41) is 4.53. The molecule has 0 radical (unpaired) electrons. The van der Waals surface area contributed by atoms with Gasteiger partial charge in [-0.3, -0.25) is 4.68 Å². The van der Waals surface area contributed by atoms with Crippen LogP contribution in [-0.2, 0) is 16.2 Å². The fraction of sp³-hybridized carbons (Fsp3) is 0.625. The Hall–Kier alpha value is -1.57. The smallest absolute Gasteiger partial charge is 0.0527 e. The van der Waals surface area contributed by atoms with Crippen LogP contribution in [0.15, 0.2) is 36.7 Å². The number of hydrogen-bond acceptors (Lipinski definition) is 1. The summed E-state index contributed by atoms with van der Waals surface area (Å²) in [5.74, 6) is 0. The van der Waals surface area contributed by atoms with Crippen LogP contribution >= 0.6 is 0 Å². The van der Waals surface area contributed by atoms with E-state index in [1.807, 2.05) is 6.20 Å². The van der Waals surface area contributed by atoms with E-state index in [9.17, 15) is 0 Å². The Morgan fingerprint density at radius 1 is 0.769 bits per heavy atom. The highest BCUT2D eigenvalue weighted by Gasteiger charge is 2.28. The van der Waals surface area contributed by atoms with Crippen LogP contribution in [0.1, 0.15) is 97.9 Å². The van der Waals surface area contributed by atoms with Gasteiger partial charge in [0.05, 0.1) is 6.20 Å². The van der Waals surface area contributed by atoms with Crippen LogP contribution in [-0.4, -0.2) is 9.78 Å². The van der Waals surface area contributed by atoms with Crippen molar-refractivity contribution in [2.24, 2.45) is 0 Å². The zero-order valence-electron chi connectivity index (χ0n) is 18.4. The molecule has 1 aromatic heterocycles. The maximum Gasteiger partial charge on any atom is 0.0527 e. The predicted molar refractivity (Wildman–Crippen MR) is 113 cm³/mol. The Labute approximate surface area is 161 Å². The van der Waals surface area contributed by atoms with E-state index in [2.05, 4.69) is 103 Å². The molecule has 2 rings (SSSR count). The topological polar surface area (TPSA) is 17.8 Å². The molecule has 0 aliphatic rings. The Kier molecular flexibility index (Phi) is 5.75. The molecule has 0 aliphatic heterocycles. The van der Waals surface area contributed by atoms with Crippen LogP contribution in [0.2, 0.25) is 0 Å². The maximum atomic E-state index is 4.53. The zero-order chi connectivity index (χ0) is 19.8. The third-order valence-electron chi connectivity index (χ3n) is 5.82. The van der Waals surface area contributed by atoms with Crippen LogP contribution in [0.25, 0.3) is 0 Å². The van der Waals surface area contributed by atoms with Crippen LogP contribution in [0.4, 0.5) is 0 Å². The molecule has 0 spiro atoms. The van der Waals surface area contributed by atoms with E-state index in [4.69, 9.17) is 0 Å². The van der Waals surface area contributed by atoms with Crippen molar-refractivity contribution in [2.75, 3.05) is 0 Å². The average molecular weight is 355 g/mol. The van der Waals surface area contributed by atoms with Crippen molar-refractivity contribution in [3.8, 4) is 0 Å². The number of aromatic nitrogens is 2. The minimum absolute atomic E-state index is 0.135. The zero-order valence-corrected chi connectivity index (χ0v) is 18.4. The van der Waals surface area contributed by atoms with E-state index in [1.165, 1.54) is 16.7 Å². The van der Waals surface area contributed by atoms with Gasteiger partial charge in [-0.1, -0.05) is 72.7 Å². The lowest BCUT2D eigenvalue weighted by Crippen LogP contribution is -2.24. The lowest BCUT2D eigenvalue weighted by atomic mass is 9.73. The number of rotatable bonds is 6.